The fraction of sp³-hybridized carbons (Fsp3) is 0.231. The van der Waals surface area contributed by atoms with Gasteiger partial charge in [-0.25, -0.2) is 0 Å². The molecular formula is C26H28N2O2. The fourth-order valence-corrected chi connectivity index (χ4v) is 3.39. The molecule has 0 radical (unpaired) electrons. The molecule has 0 aromatic heterocycles. The third-order valence-corrected chi connectivity index (χ3v) is 5.19. The lowest BCUT2D eigenvalue weighted by atomic mass is 10.0. The fourth-order valence-electron chi connectivity index (χ4n) is 3.39. The van der Waals surface area contributed by atoms with E-state index in [0.717, 1.165) is 11.1 Å². The van der Waals surface area contributed by atoms with Crippen LogP contribution in [0.1, 0.15) is 42.5 Å². The Morgan fingerprint density at radius 2 is 1.37 bits per heavy atom. The summed E-state index contributed by atoms with van der Waals surface area (Å²) < 4.78 is 0. The first-order chi connectivity index (χ1) is 14.5. The van der Waals surface area contributed by atoms with Crippen LogP contribution in [0.3, 0.4) is 0 Å². The van der Waals surface area contributed by atoms with E-state index in [1.54, 1.807) is 7.05 Å². The van der Waals surface area contributed by atoms with Crippen LogP contribution in [0.2, 0.25) is 0 Å². The summed E-state index contributed by atoms with van der Waals surface area (Å²) in [6.45, 7) is 4.26. The van der Waals surface area contributed by atoms with Crippen LogP contribution in [0.5, 0.6) is 0 Å². The van der Waals surface area contributed by atoms with E-state index < -0.39 is 6.04 Å². The molecule has 0 unspecified atom stereocenters. The highest BCUT2D eigenvalue weighted by Crippen LogP contribution is 2.24. The minimum atomic E-state index is -0.716. The molecular weight excluding hydrogens is 372 g/mol. The summed E-state index contributed by atoms with van der Waals surface area (Å²) in [4.78, 5) is 27.7. The molecule has 0 aliphatic carbocycles. The number of carbonyl (C=O) groups excluding carboxylic acids is 2. The summed E-state index contributed by atoms with van der Waals surface area (Å²) in [6.07, 6.45) is 0.247. The molecule has 30 heavy (non-hydrogen) atoms. The lowest BCUT2D eigenvalue weighted by Gasteiger charge is -2.28. The molecule has 0 aliphatic rings. The maximum atomic E-state index is 13.2. The van der Waals surface area contributed by atoms with Gasteiger partial charge in [0.25, 0.3) is 5.91 Å². The zero-order valence-electron chi connectivity index (χ0n) is 17.7. The van der Waals surface area contributed by atoms with Crippen molar-refractivity contribution in [2.75, 3.05) is 12.4 Å². The Hall–Kier alpha value is -3.40. The topological polar surface area (TPSA) is 49.4 Å². The zero-order chi connectivity index (χ0) is 21.5. The summed E-state index contributed by atoms with van der Waals surface area (Å²) in [5, 5.41) is 2.97. The van der Waals surface area contributed by atoms with Gasteiger partial charge in [0, 0.05) is 12.7 Å². The highest BCUT2D eigenvalue weighted by molar-refractivity contribution is 5.98. The first-order valence-corrected chi connectivity index (χ1v) is 10.2. The largest absolute Gasteiger partial charge is 0.329 e. The van der Waals surface area contributed by atoms with Gasteiger partial charge >= 0.3 is 0 Å². The number of rotatable bonds is 7. The summed E-state index contributed by atoms with van der Waals surface area (Å²) in [6, 6.07) is 26.1. The predicted octanol–water partition coefficient (Wildman–Crippen LogP) is 5.19. The lowest BCUT2D eigenvalue weighted by Crippen LogP contribution is -2.39. The van der Waals surface area contributed by atoms with Crippen molar-refractivity contribution in [2.24, 2.45) is 0 Å². The number of hydrogen-bond acceptors (Lipinski definition) is 2. The van der Waals surface area contributed by atoms with Gasteiger partial charge in [-0.2, -0.15) is 0 Å². The molecule has 154 valence electrons. The number of carbonyl (C=O) groups is 2. The number of hydrogen-bond donors (Lipinski definition) is 1. The number of nitrogens with zero attached hydrogens (tertiary/aromatic N) is 1. The Balaban J connectivity index is 1.81. The zero-order valence-corrected chi connectivity index (χ0v) is 17.7. The number of nitrogens with one attached hydrogen (secondary N) is 1. The van der Waals surface area contributed by atoms with Crippen LogP contribution in [0.25, 0.3) is 0 Å². The second-order valence-corrected chi connectivity index (χ2v) is 7.75. The van der Waals surface area contributed by atoms with E-state index in [1.165, 1.54) is 10.5 Å². The van der Waals surface area contributed by atoms with Gasteiger partial charge in [0.2, 0.25) is 5.91 Å². The molecule has 0 fully saturated rings. The van der Waals surface area contributed by atoms with Gasteiger partial charge in [0.15, 0.2) is 0 Å². The molecule has 0 bridgehead atoms. The van der Waals surface area contributed by atoms with Gasteiger partial charge in [-0.05, 0) is 34.7 Å². The Labute approximate surface area is 178 Å². The summed E-state index contributed by atoms with van der Waals surface area (Å²) in [5.41, 5.74) is 3.63. The summed E-state index contributed by atoms with van der Waals surface area (Å²) in [7, 11) is 1.68. The highest BCUT2D eigenvalue weighted by Gasteiger charge is 2.28. The molecule has 2 amide bonds. The lowest BCUT2D eigenvalue weighted by molar-refractivity contribution is -0.136. The van der Waals surface area contributed by atoms with Crippen molar-refractivity contribution in [3.63, 3.8) is 0 Å². The molecule has 3 aromatic carbocycles. The van der Waals surface area contributed by atoms with Crippen LogP contribution >= 0.6 is 0 Å². The van der Waals surface area contributed by atoms with Crippen molar-refractivity contribution in [1.82, 2.24) is 4.90 Å². The molecule has 0 heterocycles. The standard InChI is InChI=1S/C26H28N2O2/c1-19(2)21-14-16-23(17-15-21)27-26(30)25(22-12-8-5-9-13-22)28(3)24(29)18-20-10-6-4-7-11-20/h4-17,19,25H,18H2,1-3H3,(H,27,30)/t25-/m0/s1. The molecule has 0 saturated heterocycles. The van der Waals surface area contributed by atoms with Crippen molar-refractivity contribution in [3.8, 4) is 0 Å². The van der Waals surface area contributed by atoms with Crippen LogP contribution in [-0.4, -0.2) is 23.8 Å². The van der Waals surface area contributed by atoms with E-state index in [-0.39, 0.29) is 18.2 Å². The van der Waals surface area contributed by atoms with Gasteiger partial charge in [-0.3, -0.25) is 9.59 Å². The number of anilines is 1. The SMILES string of the molecule is CC(C)c1ccc(NC(=O)[C@H](c2ccccc2)N(C)C(=O)Cc2ccccc2)cc1. The number of amides is 2. The molecule has 1 atom stereocenters. The molecule has 0 spiro atoms. The number of benzene rings is 3. The third-order valence-electron chi connectivity index (χ3n) is 5.19. The first-order valence-electron chi connectivity index (χ1n) is 10.2. The average molecular weight is 401 g/mol. The van der Waals surface area contributed by atoms with Crippen molar-refractivity contribution >= 4 is 17.5 Å². The summed E-state index contributed by atoms with van der Waals surface area (Å²) >= 11 is 0. The summed E-state index contributed by atoms with van der Waals surface area (Å²) in [5.74, 6) is 0.0799. The normalized spacial score (nSPS) is 11.7. The Kier molecular flexibility index (Phi) is 7.02. The highest BCUT2D eigenvalue weighted by atomic mass is 16.2. The second kappa shape index (κ2) is 9.88. The first kappa shape index (κ1) is 21.3. The van der Waals surface area contributed by atoms with Crippen molar-refractivity contribution < 1.29 is 9.59 Å². The molecule has 1 N–H and O–H groups in total. The Bertz CT molecular complexity index is 967. The van der Waals surface area contributed by atoms with Gasteiger partial charge in [-0.15, -0.1) is 0 Å². The van der Waals surface area contributed by atoms with E-state index in [1.807, 2.05) is 84.9 Å². The number of likely N-dealkylation sites (N-methyl/N-ethyl adjacent to an activating group) is 1. The van der Waals surface area contributed by atoms with Gasteiger partial charge < -0.3 is 10.2 Å². The predicted molar refractivity (Wildman–Crippen MR) is 121 cm³/mol. The maximum absolute atomic E-state index is 13.2. The Morgan fingerprint density at radius 3 is 1.93 bits per heavy atom. The third kappa shape index (κ3) is 5.35. The Morgan fingerprint density at radius 1 is 0.800 bits per heavy atom. The smallest absolute Gasteiger partial charge is 0.251 e. The minimum Gasteiger partial charge on any atom is -0.329 e. The van der Waals surface area contributed by atoms with Crippen molar-refractivity contribution in [2.45, 2.75) is 32.2 Å². The van der Waals surface area contributed by atoms with Gasteiger partial charge in [-0.1, -0.05) is 86.6 Å². The van der Waals surface area contributed by atoms with Crippen LogP contribution in [0, 0.1) is 0 Å². The van der Waals surface area contributed by atoms with Crippen molar-refractivity contribution in [3.05, 3.63) is 102 Å². The van der Waals surface area contributed by atoms with Crippen LogP contribution in [-0.2, 0) is 16.0 Å². The van der Waals surface area contributed by atoms with Crippen LogP contribution in [0.4, 0.5) is 5.69 Å². The molecule has 3 rings (SSSR count). The van der Waals surface area contributed by atoms with E-state index in [0.29, 0.717) is 11.6 Å². The molecule has 4 nitrogen and oxygen atoms in total. The van der Waals surface area contributed by atoms with Crippen LogP contribution in [0.15, 0.2) is 84.9 Å². The van der Waals surface area contributed by atoms with Crippen LogP contribution < -0.4 is 5.32 Å². The van der Waals surface area contributed by atoms with Gasteiger partial charge in [0.1, 0.15) is 6.04 Å². The van der Waals surface area contributed by atoms with Crippen molar-refractivity contribution in [1.29, 1.82) is 0 Å². The molecule has 3 aromatic rings. The monoisotopic (exact) mass is 400 g/mol. The average Bonchev–Trinajstić information content (AvgIpc) is 2.75. The van der Waals surface area contributed by atoms with E-state index in [4.69, 9.17) is 0 Å². The second-order valence-electron chi connectivity index (χ2n) is 7.75. The quantitative estimate of drug-likeness (QED) is 0.593. The molecule has 0 saturated carbocycles. The van der Waals surface area contributed by atoms with Gasteiger partial charge in [0.05, 0.1) is 6.42 Å². The maximum Gasteiger partial charge on any atom is 0.251 e. The minimum absolute atomic E-state index is 0.111. The van der Waals surface area contributed by atoms with E-state index in [9.17, 15) is 9.59 Å². The van der Waals surface area contributed by atoms with E-state index in [2.05, 4.69) is 19.2 Å². The molecule has 4 heteroatoms. The molecule has 0 aliphatic heterocycles. The van der Waals surface area contributed by atoms with E-state index >= 15 is 0 Å².